The Labute approximate surface area is 156 Å². The number of hydrazone groups is 1. The van der Waals surface area contributed by atoms with Crippen LogP contribution in [0.15, 0.2) is 47.6 Å². The largest absolute Gasteiger partial charge is 0.422 e. The predicted octanol–water partition coefficient (Wildman–Crippen LogP) is 1.89. The molecular formula is C15H11N5O6S. The third kappa shape index (κ3) is 5.27. The molecule has 2 aromatic rings. The van der Waals surface area contributed by atoms with Crippen LogP contribution in [0.2, 0.25) is 0 Å². The van der Waals surface area contributed by atoms with Crippen LogP contribution in [0.25, 0.3) is 0 Å². The van der Waals surface area contributed by atoms with E-state index < -0.39 is 27.2 Å². The van der Waals surface area contributed by atoms with Gasteiger partial charge in [0.05, 0.1) is 27.7 Å². The fourth-order valence-corrected chi connectivity index (χ4v) is 1.98. The normalized spacial score (nSPS) is 10.4. The molecule has 0 bridgehead atoms. The molecule has 138 valence electrons. The number of thiocarbonyl (C=S) groups is 1. The minimum Gasteiger partial charge on any atom is -0.422 e. The van der Waals surface area contributed by atoms with Crippen LogP contribution in [-0.2, 0) is 0 Å². The fraction of sp³-hybridized carbons (Fsp3) is 0. The van der Waals surface area contributed by atoms with E-state index in [1.807, 2.05) is 0 Å². The van der Waals surface area contributed by atoms with Gasteiger partial charge in [0.2, 0.25) is 0 Å². The molecule has 11 nitrogen and oxygen atoms in total. The number of nitrogens with zero attached hydrogens (tertiary/aromatic N) is 3. The van der Waals surface area contributed by atoms with Crippen LogP contribution in [0.5, 0.6) is 5.75 Å². The van der Waals surface area contributed by atoms with Gasteiger partial charge >= 0.3 is 5.97 Å². The number of non-ortho nitro benzene ring substituents is 2. The minimum absolute atomic E-state index is 0.0652. The first-order chi connectivity index (χ1) is 12.8. The Morgan fingerprint density at radius 2 is 1.74 bits per heavy atom. The van der Waals surface area contributed by atoms with Crippen LogP contribution in [0, 0.1) is 20.2 Å². The van der Waals surface area contributed by atoms with E-state index in [-0.39, 0.29) is 16.4 Å². The second-order valence-corrected chi connectivity index (χ2v) is 5.35. The molecule has 12 heteroatoms. The molecule has 0 aromatic heterocycles. The molecule has 2 aromatic carbocycles. The van der Waals surface area contributed by atoms with Crippen molar-refractivity contribution in [2.75, 3.05) is 0 Å². The van der Waals surface area contributed by atoms with E-state index >= 15 is 0 Å². The topological polar surface area (TPSA) is 163 Å². The van der Waals surface area contributed by atoms with Crippen LogP contribution in [0.3, 0.4) is 0 Å². The van der Waals surface area contributed by atoms with Crippen molar-refractivity contribution in [2.24, 2.45) is 10.8 Å². The number of nitrogens with two attached hydrogens (primary N) is 1. The van der Waals surface area contributed by atoms with Crippen LogP contribution in [0.4, 0.5) is 11.4 Å². The Hall–Kier alpha value is -3.93. The number of nitro benzene ring substituents is 2. The van der Waals surface area contributed by atoms with Gasteiger partial charge in [-0.25, -0.2) is 4.79 Å². The molecule has 27 heavy (non-hydrogen) atoms. The van der Waals surface area contributed by atoms with E-state index in [0.29, 0.717) is 5.56 Å². The number of hydrogen-bond donors (Lipinski definition) is 2. The Bertz CT molecular complexity index is 929. The molecule has 0 aliphatic rings. The number of carbonyl (C=O) groups is 1. The average Bonchev–Trinajstić information content (AvgIpc) is 2.62. The number of rotatable bonds is 6. The summed E-state index contributed by atoms with van der Waals surface area (Å²) < 4.78 is 5.19. The highest BCUT2D eigenvalue weighted by molar-refractivity contribution is 7.80. The van der Waals surface area contributed by atoms with E-state index in [4.69, 9.17) is 10.5 Å². The molecule has 0 aliphatic heterocycles. The van der Waals surface area contributed by atoms with Gasteiger partial charge in [-0.1, -0.05) is 12.1 Å². The fourth-order valence-electron chi connectivity index (χ4n) is 1.93. The molecule has 2 rings (SSSR count). The summed E-state index contributed by atoms with van der Waals surface area (Å²) in [6.07, 6.45) is 1.29. The number of nitro groups is 2. The molecule has 0 aliphatic carbocycles. The summed E-state index contributed by atoms with van der Waals surface area (Å²) in [5.41, 5.74) is 6.39. The van der Waals surface area contributed by atoms with Gasteiger partial charge in [0.25, 0.3) is 11.4 Å². The maximum atomic E-state index is 12.3. The summed E-state index contributed by atoms with van der Waals surface area (Å²) in [7, 11) is 0. The van der Waals surface area contributed by atoms with Gasteiger partial charge < -0.3 is 10.5 Å². The summed E-state index contributed by atoms with van der Waals surface area (Å²) in [4.78, 5) is 32.5. The van der Waals surface area contributed by atoms with Crippen molar-refractivity contribution in [3.05, 3.63) is 73.8 Å². The molecule has 0 unspecified atom stereocenters. The molecule has 0 atom stereocenters. The number of carbonyl (C=O) groups excluding carboxylic acids is 1. The summed E-state index contributed by atoms with van der Waals surface area (Å²) in [6.45, 7) is 0. The van der Waals surface area contributed by atoms with Gasteiger partial charge in [0, 0.05) is 17.7 Å². The number of benzene rings is 2. The number of esters is 1. The molecule has 0 fully saturated rings. The van der Waals surface area contributed by atoms with Crippen LogP contribution in [-0.4, -0.2) is 27.1 Å². The molecule has 0 spiro atoms. The Morgan fingerprint density at radius 3 is 2.30 bits per heavy atom. The highest BCUT2D eigenvalue weighted by Crippen LogP contribution is 2.24. The minimum atomic E-state index is -1.01. The first-order valence-corrected chi connectivity index (χ1v) is 7.52. The molecule has 0 amide bonds. The standard InChI is InChI=1S/C15H11N5O6S/c16-15(27)18-17-8-9-3-1-2-4-13(9)26-14(21)10-5-11(19(22)23)7-12(6-10)20(24)25/h1-8H,(H3,16,18,27)/b17-8+. The zero-order valence-corrected chi connectivity index (χ0v) is 14.2. The van der Waals surface area contributed by atoms with E-state index in [2.05, 4.69) is 22.7 Å². The first kappa shape index (κ1) is 19.4. The summed E-state index contributed by atoms with van der Waals surface area (Å²) in [5, 5.41) is 25.5. The zero-order valence-electron chi connectivity index (χ0n) is 13.4. The van der Waals surface area contributed by atoms with Gasteiger partial charge in [-0.15, -0.1) is 0 Å². The molecular weight excluding hydrogens is 378 g/mol. The predicted molar refractivity (Wildman–Crippen MR) is 98.7 cm³/mol. The molecule has 0 radical (unpaired) electrons. The van der Waals surface area contributed by atoms with E-state index in [0.717, 1.165) is 18.2 Å². The van der Waals surface area contributed by atoms with Gasteiger partial charge in [-0.2, -0.15) is 5.10 Å². The van der Waals surface area contributed by atoms with E-state index in [1.54, 1.807) is 18.2 Å². The lowest BCUT2D eigenvalue weighted by Crippen LogP contribution is -2.24. The lowest BCUT2D eigenvalue weighted by Gasteiger charge is -2.07. The monoisotopic (exact) mass is 389 g/mol. The van der Waals surface area contributed by atoms with Crippen molar-refractivity contribution in [1.29, 1.82) is 0 Å². The van der Waals surface area contributed by atoms with Crippen LogP contribution >= 0.6 is 12.2 Å². The lowest BCUT2D eigenvalue weighted by molar-refractivity contribution is -0.394. The quantitative estimate of drug-likeness (QED) is 0.187. The third-order valence-electron chi connectivity index (χ3n) is 3.06. The number of para-hydroxylation sites is 1. The van der Waals surface area contributed by atoms with Gasteiger partial charge in [-0.3, -0.25) is 25.7 Å². The van der Waals surface area contributed by atoms with Gasteiger partial charge in [0.1, 0.15) is 5.75 Å². The Morgan fingerprint density at radius 1 is 1.15 bits per heavy atom. The maximum Gasteiger partial charge on any atom is 0.344 e. The molecule has 3 N–H and O–H groups in total. The molecule has 0 saturated heterocycles. The van der Waals surface area contributed by atoms with Crippen LogP contribution < -0.4 is 15.9 Å². The first-order valence-electron chi connectivity index (χ1n) is 7.11. The Balaban J connectivity index is 2.33. The SMILES string of the molecule is NC(=S)N/N=C/c1ccccc1OC(=O)c1cc([N+](=O)[O-])cc([N+](=O)[O-])c1. The van der Waals surface area contributed by atoms with Crippen molar-refractivity contribution in [3.63, 3.8) is 0 Å². The van der Waals surface area contributed by atoms with Crippen molar-refractivity contribution < 1.29 is 19.4 Å². The zero-order chi connectivity index (χ0) is 20.0. The molecule has 0 heterocycles. The second kappa shape index (κ2) is 8.44. The van der Waals surface area contributed by atoms with Gasteiger partial charge in [-0.05, 0) is 24.4 Å². The summed E-state index contributed by atoms with van der Waals surface area (Å²) in [6, 6.07) is 8.78. The van der Waals surface area contributed by atoms with E-state index in [1.165, 1.54) is 12.3 Å². The third-order valence-corrected chi connectivity index (χ3v) is 3.15. The highest BCUT2D eigenvalue weighted by Gasteiger charge is 2.21. The number of hydrogen-bond acceptors (Lipinski definition) is 8. The number of nitrogens with one attached hydrogen (secondary N) is 1. The van der Waals surface area contributed by atoms with Crippen molar-refractivity contribution in [3.8, 4) is 5.75 Å². The lowest BCUT2D eigenvalue weighted by atomic mass is 10.1. The molecule has 0 saturated carbocycles. The van der Waals surface area contributed by atoms with Gasteiger partial charge in [0.15, 0.2) is 5.11 Å². The van der Waals surface area contributed by atoms with E-state index in [9.17, 15) is 25.0 Å². The van der Waals surface area contributed by atoms with Crippen molar-refractivity contribution >= 4 is 40.9 Å². The number of ether oxygens (including phenoxy) is 1. The maximum absolute atomic E-state index is 12.3. The Kier molecular flexibility index (Phi) is 6.06. The van der Waals surface area contributed by atoms with Crippen molar-refractivity contribution in [1.82, 2.24) is 5.43 Å². The highest BCUT2D eigenvalue weighted by atomic mass is 32.1. The smallest absolute Gasteiger partial charge is 0.344 e. The van der Waals surface area contributed by atoms with Crippen LogP contribution in [0.1, 0.15) is 15.9 Å². The average molecular weight is 389 g/mol. The second-order valence-electron chi connectivity index (χ2n) is 4.91. The summed E-state index contributed by atoms with van der Waals surface area (Å²) in [5.74, 6) is -0.935. The summed E-state index contributed by atoms with van der Waals surface area (Å²) >= 11 is 4.60. The van der Waals surface area contributed by atoms with Crippen molar-refractivity contribution in [2.45, 2.75) is 0 Å².